The molecule has 7 rings (SSSR count). The molecular formula is C36H44ClN3O7S. The van der Waals surface area contributed by atoms with Crippen molar-refractivity contribution in [3.63, 3.8) is 0 Å². The number of sulfonamides is 1. The minimum absolute atomic E-state index is 0.0310. The van der Waals surface area contributed by atoms with Gasteiger partial charge in [-0.05, 0) is 118 Å². The van der Waals surface area contributed by atoms with Crippen LogP contribution in [0.4, 0.5) is 10.5 Å². The van der Waals surface area contributed by atoms with Crippen LogP contribution in [0.1, 0.15) is 63.5 Å². The molecule has 4 atom stereocenters. The molecule has 0 aromatic heterocycles. The molecule has 2 fully saturated rings. The Balaban J connectivity index is 1.27. The molecule has 1 spiro atoms. The standard InChI is InChI=1S/C36H44ClN3O7S/c1-35(2)33(41)39-48(43,44)27-11-14-32-30(18-27)40(21-36(22-45-32)15-3-5-24-17-26(37)10-13-29(24)36)20-25-9-12-28(25)31(6-4-16-46-35)47-34(42)38-19-23-7-8-23/h4,6,10-11,13-14,17-18,23,25,28,31H,3,5,7-9,12,15-16,19-22H2,1-2H3,(H,38,42)(H,39,41)/t25-,28+,31-,36-/m0/s1. The minimum Gasteiger partial charge on any atom is -0.490 e. The SMILES string of the molecule is CC1(C)OCC=C[C@H](OC(=O)NCC2CC2)[C@@H]2CC[C@H]2CN2C[C@@]3(CCCc4cc(Cl)ccc43)COc3ccc(cc32)S(=O)(=O)NC1=O. The van der Waals surface area contributed by atoms with Crippen LogP contribution in [-0.4, -0.2) is 65.0 Å². The molecule has 48 heavy (non-hydrogen) atoms. The first kappa shape index (κ1) is 33.2. The minimum atomic E-state index is -4.23. The predicted octanol–water partition coefficient (Wildman–Crippen LogP) is 5.51. The summed E-state index contributed by atoms with van der Waals surface area (Å²) >= 11 is 6.42. The molecule has 0 unspecified atom stereocenters. The van der Waals surface area contributed by atoms with Crippen LogP contribution in [-0.2, 0) is 36.1 Å². The number of hydrogen-bond donors (Lipinski definition) is 2. The molecule has 12 heteroatoms. The Bertz CT molecular complexity index is 1730. The fourth-order valence-electron chi connectivity index (χ4n) is 7.60. The number of carbonyl (C=O) groups is 2. The molecule has 2 saturated carbocycles. The second-order valence-corrected chi connectivity index (χ2v) is 16.7. The smallest absolute Gasteiger partial charge is 0.407 e. The van der Waals surface area contributed by atoms with Gasteiger partial charge in [-0.1, -0.05) is 23.7 Å². The van der Waals surface area contributed by atoms with Crippen molar-refractivity contribution in [1.29, 1.82) is 0 Å². The van der Waals surface area contributed by atoms with Crippen LogP contribution in [0, 0.1) is 17.8 Å². The first-order valence-corrected chi connectivity index (χ1v) is 18.9. The Morgan fingerprint density at radius 1 is 1.15 bits per heavy atom. The Labute approximate surface area is 287 Å². The number of nitrogens with zero attached hydrogens (tertiary/aromatic N) is 1. The van der Waals surface area contributed by atoms with Gasteiger partial charge in [-0.2, -0.15) is 0 Å². The quantitative estimate of drug-likeness (QED) is 0.403. The van der Waals surface area contributed by atoms with Crippen LogP contribution in [0.25, 0.3) is 0 Å². The van der Waals surface area contributed by atoms with Crippen molar-refractivity contribution in [2.75, 3.05) is 37.7 Å². The van der Waals surface area contributed by atoms with Gasteiger partial charge in [0.25, 0.3) is 15.9 Å². The molecule has 0 radical (unpaired) electrons. The lowest BCUT2D eigenvalue weighted by atomic mass is 9.68. The van der Waals surface area contributed by atoms with Gasteiger partial charge in [-0.15, -0.1) is 0 Å². The predicted molar refractivity (Wildman–Crippen MR) is 182 cm³/mol. The van der Waals surface area contributed by atoms with Crippen molar-refractivity contribution < 1.29 is 32.2 Å². The number of amides is 2. The highest BCUT2D eigenvalue weighted by atomic mass is 35.5. The maximum absolute atomic E-state index is 13.6. The summed E-state index contributed by atoms with van der Waals surface area (Å²) in [7, 11) is -4.23. The summed E-state index contributed by atoms with van der Waals surface area (Å²) in [5.41, 5.74) is 1.29. The molecule has 258 valence electrons. The van der Waals surface area contributed by atoms with Crippen molar-refractivity contribution in [3.05, 3.63) is 64.7 Å². The molecule has 2 heterocycles. The fourth-order valence-corrected chi connectivity index (χ4v) is 8.91. The largest absolute Gasteiger partial charge is 0.490 e. The Morgan fingerprint density at radius 3 is 2.75 bits per heavy atom. The number of halogens is 1. The molecule has 2 aromatic rings. The van der Waals surface area contributed by atoms with Crippen LogP contribution in [0.2, 0.25) is 5.02 Å². The van der Waals surface area contributed by atoms with Gasteiger partial charge in [0.2, 0.25) is 0 Å². The molecule has 2 N–H and O–H groups in total. The molecule has 0 saturated heterocycles. The van der Waals surface area contributed by atoms with E-state index >= 15 is 0 Å². The van der Waals surface area contributed by atoms with Gasteiger partial charge >= 0.3 is 6.09 Å². The number of hydrogen-bond acceptors (Lipinski definition) is 8. The van der Waals surface area contributed by atoms with E-state index < -0.39 is 33.7 Å². The lowest BCUT2D eigenvalue weighted by Gasteiger charge is -2.46. The van der Waals surface area contributed by atoms with Crippen molar-refractivity contribution in [3.8, 4) is 5.75 Å². The molecule has 2 bridgehead atoms. The third-order valence-electron chi connectivity index (χ3n) is 10.8. The second-order valence-electron chi connectivity index (χ2n) is 14.6. The monoisotopic (exact) mass is 697 g/mol. The summed E-state index contributed by atoms with van der Waals surface area (Å²) in [4.78, 5) is 28.4. The van der Waals surface area contributed by atoms with E-state index in [0.717, 1.165) is 44.9 Å². The molecule has 2 aromatic carbocycles. The Kier molecular flexibility index (Phi) is 8.91. The summed E-state index contributed by atoms with van der Waals surface area (Å²) in [5, 5.41) is 3.63. The molecule has 3 aliphatic carbocycles. The van der Waals surface area contributed by atoms with Crippen molar-refractivity contribution in [2.24, 2.45) is 17.8 Å². The second kappa shape index (κ2) is 12.9. The van der Waals surface area contributed by atoms with E-state index in [-0.39, 0.29) is 28.8 Å². The highest BCUT2D eigenvalue weighted by molar-refractivity contribution is 7.90. The first-order valence-electron chi connectivity index (χ1n) is 17.1. The highest BCUT2D eigenvalue weighted by Gasteiger charge is 2.45. The van der Waals surface area contributed by atoms with E-state index in [4.69, 9.17) is 25.8 Å². The molecule has 2 aliphatic heterocycles. The average molecular weight is 698 g/mol. The normalized spacial score (nSPS) is 29.3. The number of benzene rings is 2. The maximum atomic E-state index is 13.6. The zero-order valence-corrected chi connectivity index (χ0v) is 29.1. The van der Waals surface area contributed by atoms with Crippen LogP contribution in [0.5, 0.6) is 5.75 Å². The van der Waals surface area contributed by atoms with E-state index in [2.05, 4.69) is 21.0 Å². The van der Waals surface area contributed by atoms with Gasteiger partial charge in [-0.3, -0.25) is 4.79 Å². The van der Waals surface area contributed by atoms with E-state index in [1.807, 2.05) is 18.2 Å². The number of fused-ring (bicyclic) bond motifs is 4. The Morgan fingerprint density at radius 2 is 1.98 bits per heavy atom. The van der Waals surface area contributed by atoms with Gasteiger partial charge in [0.15, 0.2) is 0 Å². The third kappa shape index (κ3) is 6.78. The highest BCUT2D eigenvalue weighted by Crippen LogP contribution is 2.47. The number of ether oxygens (including phenoxy) is 3. The number of carbonyl (C=O) groups excluding carboxylic acids is 2. The van der Waals surface area contributed by atoms with Crippen LogP contribution in [0.3, 0.4) is 0 Å². The lowest BCUT2D eigenvalue weighted by molar-refractivity contribution is -0.139. The fraction of sp³-hybridized carbons (Fsp3) is 0.556. The van der Waals surface area contributed by atoms with E-state index in [1.165, 1.54) is 31.0 Å². The van der Waals surface area contributed by atoms with Crippen molar-refractivity contribution in [2.45, 2.75) is 80.8 Å². The average Bonchev–Trinajstić information content (AvgIpc) is 3.87. The summed E-state index contributed by atoms with van der Waals surface area (Å²) in [6, 6.07) is 10.9. The number of anilines is 1. The van der Waals surface area contributed by atoms with Crippen molar-refractivity contribution >= 4 is 39.3 Å². The van der Waals surface area contributed by atoms with E-state index in [0.29, 0.717) is 48.6 Å². The molecule has 2 amide bonds. The first-order chi connectivity index (χ1) is 22.9. The van der Waals surface area contributed by atoms with Gasteiger partial charge in [0.1, 0.15) is 17.5 Å². The van der Waals surface area contributed by atoms with Crippen LogP contribution < -0.4 is 19.7 Å². The topological polar surface area (TPSA) is 123 Å². The Hall–Kier alpha value is -3.28. The van der Waals surface area contributed by atoms with Gasteiger partial charge in [0, 0.05) is 36.0 Å². The van der Waals surface area contributed by atoms with Gasteiger partial charge < -0.3 is 24.4 Å². The van der Waals surface area contributed by atoms with Gasteiger partial charge in [-0.25, -0.2) is 17.9 Å². The maximum Gasteiger partial charge on any atom is 0.407 e. The molecule has 5 aliphatic rings. The number of aryl methyl sites for hydroxylation is 1. The summed E-state index contributed by atoms with van der Waals surface area (Å²) in [6.07, 6.45) is 9.57. The summed E-state index contributed by atoms with van der Waals surface area (Å²) in [6.45, 7) is 5.36. The molecular weight excluding hydrogens is 654 g/mol. The number of alkyl carbamates (subject to hydrolysis) is 1. The number of rotatable bonds is 3. The van der Waals surface area contributed by atoms with E-state index in [9.17, 15) is 18.0 Å². The summed E-state index contributed by atoms with van der Waals surface area (Å²) in [5.74, 6) is 0.540. The molecule has 10 nitrogen and oxygen atoms in total. The van der Waals surface area contributed by atoms with Crippen LogP contribution >= 0.6 is 11.6 Å². The van der Waals surface area contributed by atoms with E-state index in [1.54, 1.807) is 18.2 Å². The van der Waals surface area contributed by atoms with Crippen LogP contribution in [0.15, 0.2) is 53.4 Å². The summed E-state index contributed by atoms with van der Waals surface area (Å²) < 4.78 is 47.9. The zero-order chi connectivity index (χ0) is 33.7. The van der Waals surface area contributed by atoms with Gasteiger partial charge in [0.05, 0.1) is 23.8 Å². The zero-order valence-electron chi connectivity index (χ0n) is 27.5. The lowest BCUT2D eigenvalue weighted by Crippen LogP contribution is -2.50. The third-order valence-corrected chi connectivity index (χ3v) is 12.4. The van der Waals surface area contributed by atoms with Crippen molar-refractivity contribution in [1.82, 2.24) is 10.0 Å². The number of nitrogens with one attached hydrogen (secondary N) is 2.